The lowest BCUT2D eigenvalue weighted by Gasteiger charge is -1.99. The Hall–Kier alpha value is -0.820. The molecule has 2 heteroatoms. The summed E-state index contributed by atoms with van der Waals surface area (Å²) in [6, 6.07) is 7.90. The first-order chi connectivity index (χ1) is 5.86. The fourth-order valence-corrected chi connectivity index (χ4v) is 1.63. The Kier molecular flexibility index (Phi) is 2.13. The van der Waals surface area contributed by atoms with Crippen LogP contribution in [0.25, 0.3) is 0 Å². The molecule has 0 amide bonds. The third-order valence-electron chi connectivity index (χ3n) is 2.03. The molecule has 0 aromatic heterocycles. The molecule has 1 heterocycles. The van der Waals surface area contributed by atoms with Crippen molar-refractivity contribution in [2.75, 3.05) is 6.54 Å². The van der Waals surface area contributed by atoms with E-state index < -0.39 is 0 Å². The van der Waals surface area contributed by atoms with Gasteiger partial charge in [0.15, 0.2) is 0 Å². The first-order valence-electron chi connectivity index (χ1n) is 4.15. The Morgan fingerprint density at radius 3 is 2.92 bits per heavy atom. The average molecular weight is 180 g/mol. The molecule has 2 rings (SSSR count). The van der Waals surface area contributed by atoms with Crippen LogP contribution in [0, 0.1) is 0 Å². The number of hydrogen-bond acceptors (Lipinski definition) is 1. The summed E-state index contributed by atoms with van der Waals surface area (Å²) in [6.45, 7) is 0.974. The predicted molar refractivity (Wildman–Crippen MR) is 52.1 cm³/mol. The topological polar surface area (TPSA) is 12.4 Å². The van der Waals surface area contributed by atoms with Gasteiger partial charge in [-0.3, -0.25) is 4.99 Å². The Labute approximate surface area is 77.1 Å². The van der Waals surface area contributed by atoms with E-state index in [4.69, 9.17) is 11.6 Å². The molecule has 0 saturated carbocycles. The van der Waals surface area contributed by atoms with E-state index in [-0.39, 0.29) is 0 Å². The number of nitrogens with zero attached hydrogens (tertiary/aromatic N) is 1. The minimum Gasteiger partial charge on any atom is -0.289 e. The van der Waals surface area contributed by atoms with Gasteiger partial charge in [-0.05, 0) is 30.5 Å². The van der Waals surface area contributed by atoms with E-state index in [1.807, 2.05) is 18.2 Å². The lowest BCUT2D eigenvalue weighted by atomic mass is 10.1. The van der Waals surface area contributed by atoms with Crippen molar-refractivity contribution in [3.05, 3.63) is 34.9 Å². The number of rotatable bonds is 1. The van der Waals surface area contributed by atoms with Crippen LogP contribution in [0.5, 0.6) is 0 Å². The first kappa shape index (κ1) is 7.81. The van der Waals surface area contributed by atoms with Gasteiger partial charge in [-0.1, -0.05) is 23.7 Å². The van der Waals surface area contributed by atoms with Crippen molar-refractivity contribution in [3.8, 4) is 0 Å². The monoisotopic (exact) mass is 179 g/mol. The van der Waals surface area contributed by atoms with E-state index in [9.17, 15) is 0 Å². The van der Waals surface area contributed by atoms with E-state index in [1.165, 1.54) is 17.7 Å². The number of benzene rings is 1. The number of hydrogen-bond donors (Lipinski definition) is 0. The van der Waals surface area contributed by atoms with Crippen LogP contribution in [-0.2, 0) is 0 Å². The second kappa shape index (κ2) is 3.28. The number of halogens is 1. The lowest BCUT2D eigenvalue weighted by molar-refractivity contribution is 0.951. The summed E-state index contributed by atoms with van der Waals surface area (Å²) in [4.78, 5) is 4.41. The van der Waals surface area contributed by atoms with Gasteiger partial charge < -0.3 is 0 Å². The van der Waals surface area contributed by atoms with E-state index in [0.29, 0.717) is 0 Å². The Morgan fingerprint density at radius 2 is 2.25 bits per heavy atom. The second-order valence-corrected chi connectivity index (χ2v) is 3.38. The van der Waals surface area contributed by atoms with Gasteiger partial charge in [0.2, 0.25) is 0 Å². The summed E-state index contributed by atoms with van der Waals surface area (Å²) in [5, 5.41) is 0.794. The van der Waals surface area contributed by atoms with Gasteiger partial charge in [-0.2, -0.15) is 0 Å². The maximum atomic E-state index is 5.87. The largest absolute Gasteiger partial charge is 0.289 e. The molecule has 0 bridgehead atoms. The summed E-state index contributed by atoms with van der Waals surface area (Å²) in [6.07, 6.45) is 2.28. The van der Waals surface area contributed by atoms with Crippen molar-refractivity contribution in [2.45, 2.75) is 12.8 Å². The van der Waals surface area contributed by atoms with E-state index in [0.717, 1.165) is 18.0 Å². The Balaban J connectivity index is 2.33. The second-order valence-electron chi connectivity index (χ2n) is 2.94. The standard InChI is InChI=1S/C10H10ClN/c11-9-4-1-3-8(7-9)10-5-2-6-12-10/h1,3-4,7H,2,5-6H2. The Bertz CT molecular complexity index is 317. The molecule has 0 N–H and O–H groups in total. The molecule has 1 aromatic carbocycles. The van der Waals surface area contributed by atoms with Crippen LogP contribution < -0.4 is 0 Å². The molecule has 0 aliphatic carbocycles. The minimum absolute atomic E-state index is 0.794. The molecule has 1 aliphatic heterocycles. The molecule has 0 unspecified atom stereocenters. The summed E-state index contributed by atoms with van der Waals surface area (Å²) in [5.74, 6) is 0. The average Bonchev–Trinajstić information content (AvgIpc) is 2.56. The molecular formula is C10H10ClN. The van der Waals surface area contributed by atoms with Crippen molar-refractivity contribution >= 4 is 17.3 Å². The third kappa shape index (κ3) is 1.51. The summed E-state index contributed by atoms with van der Waals surface area (Å²) in [5.41, 5.74) is 2.39. The summed E-state index contributed by atoms with van der Waals surface area (Å²) >= 11 is 5.87. The molecule has 0 fully saturated rings. The van der Waals surface area contributed by atoms with Gasteiger partial charge in [0, 0.05) is 17.3 Å². The zero-order chi connectivity index (χ0) is 8.39. The van der Waals surface area contributed by atoms with Gasteiger partial charge in [-0.25, -0.2) is 0 Å². The maximum Gasteiger partial charge on any atom is 0.0421 e. The molecule has 1 nitrogen and oxygen atoms in total. The fraction of sp³-hybridized carbons (Fsp3) is 0.300. The highest BCUT2D eigenvalue weighted by atomic mass is 35.5. The van der Waals surface area contributed by atoms with Gasteiger partial charge >= 0.3 is 0 Å². The van der Waals surface area contributed by atoms with Gasteiger partial charge in [-0.15, -0.1) is 0 Å². The summed E-state index contributed by atoms with van der Waals surface area (Å²) < 4.78 is 0. The SMILES string of the molecule is Clc1cccc(C2=NCCC2)c1. The van der Waals surface area contributed by atoms with Crippen LogP contribution in [-0.4, -0.2) is 12.3 Å². The van der Waals surface area contributed by atoms with Crippen LogP contribution in [0.2, 0.25) is 5.02 Å². The van der Waals surface area contributed by atoms with Crippen LogP contribution in [0.15, 0.2) is 29.3 Å². The molecule has 62 valence electrons. The first-order valence-corrected chi connectivity index (χ1v) is 4.53. The molecule has 0 spiro atoms. The molecule has 0 radical (unpaired) electrons. The quantitative estimate of drug-likeness (QED) is 0.629. The van der Waals surface area contributed by atoms with Crippen LogP contribution in [0.4, 0.5) is 0 Å². The summed E-state index contributed by atoms with van der Waals surface area (Å²) in [7, 11) is 0. The Morgan fingerprint density at radius 1 is 1.33 bits per heavy atom. The van der Waals surface area contributed by atoms with E-state index in [2.05, 4.69) is 11.1 Å². The van der Waals surface area contributed by atoms with Gasteiger partial charge in [0.05, 0.1) is 0 Å². The predicted octanol–water partition coefficient (Wildman–Crippen LogP) is 2.92. The third-order valence-corrected chi connectivity index (χ3v) is 2.27. The van der Waals surface area contributed by atoms with Gasteiger partial charge in [0.1, 0.15) is 0 Å². The highest BCUT2D eigenvalue weighted by molar-refractivity contribution is 6.31. The number of aliphatic imine (C=N–C) groups is 1. The minimum atomic E-state index is 0.794. The van der Waals surface area contributed by atoms with Crippen molar-refractivity contribution in [3.63, 3.8) is 0 Å². The van der Waals surface area contributed by atoms with Crippen LogP contribution >= 0.6 is 11.6 Å². The van der Waals surface area contributed by atoms with Gasteiger partial charge in [0.25, 0.3) is 0 Å². The zero-order valence-electron chi connectivity index (χ0n) is 6.76. The van der Waals surface area contributed by atoms with Crippen LogP contribution in [0.1, 0.15) is 18.4 Å². The molecule has 0 saturated heterocycles. The lowest BCUT2D eigenvalue weighted by Crippen LogP contribution is -1.94. The van der Waals surface area contributed by atoms with Crippen LogP contribution in [0.3, 0.4) is 0 Å². The molecule has 1 aromatic rings. The normalized spacial score (nSPS) is 16.2. The molecule has 0 atom stereocenters. The zero-order valence-corrected chi connectivity index (χ0v) is 7.51. The van der Waals surface area contributed by atoms with Crippen molar-refractivity contribution in [1.29, 1.82) is 0 Å². The van der Waals surface area contributed by atoms with E-state index >= 15 is 0 Å². The fourth-order valence-electron chi connectivity index (χ4n) is 1.44. The highest BCUT2D eigenvalue weighted by Crippen LogP contribution is 2.16. The smallest absolute Gasteiger partial charge is 0.0421 e. The van der Waals surface area contributed by atoms with Crippen molar-refractivity contribution < 1.29 is 0 Å². The molecule has 1 aliphatic rings. The highest BCUT2D eigenvalue weighted by Gasteiger charge is 2.08. The molecular weight excluding hydrogens is 170 g/mol. The molecule has 12 heavy (non-hydrogen) atoms. The maximum absolute atomic E-state index is 5.87. The van der Waals surface area contributed by atoms with E-state index in [1.54, 1.807) is 0 Å². The van der Waals surface area contributed by atoms with Crippen molar-refractivity contribution in [1.82, 2.24) is 0 Å². The van der Waals surface area contributed by atoms with Crippen molar-refractivity contribution in [2.24, 2.45) is 4.99 Å².